The maximum atomic E-state index is 13.5. The van der Waals surface area contributed by atoms with E-state index in [0.717, 1.165) is 0 Å². The van der Waals surface area contributed by atoms with E-state index in [1.165, 1.54) is 36.4 Å². The Kier molecular flexibility index (Phi) is 7.36. The first-order valence-electron chi connectivity index (χ1n) is 7.99. The van der Waals surface area contributed by atoms with Gasteiger partial charge in [-0.1, -0.05) is 30.3 Å². The molecule has 0 spiro atoms. The Morgan fingerprint density at radius 2 is 1.54 bits per heavy atom. The van der Waals surface area contributed by atoms with E-state index in [0.29, 0.717) is 0 Å². The molecule has 28 heavy (non-hydrogen) atoms. The molecule has 2 aromatic rings. The van der Waals surface area contributed by atoms with Crippen LogP contribution >= 0.6 is 0 Å². The lowest BCUT2D eigenvalue weighted by Crippen LogP contribution is -2.13. The molecule has 0 heterocycles. The van der Waals surface area contributed by atoms with Crippen LogP contribution in [0.1, 0.15) is 12.0 Å². The van der Waals surface area contributed by atoms with Gasteiger partial charge in [-0.2, -0.15) is 13.2 Å². The van der Waals surface area contributed by atoms with Crippen LogP contribution < -0.4 is 9.47 Å². The van der Waals surface area contributed by atoms with Crippen LogP contribution in [0.4, 0.5) is 22.1 Å². The summed E-state index contributed by atoms with van der Waals surface area (Å²) in [6, 6.07) is 12.9. The van der Waals surface area contributed by atoms with Crippen LogP contribution in [-0.2, 0) is 9.74 Å². The first-order valence-corrected chi connectivity index (χ1v) is 7.99. The van der Waals surface area contributed by atoms with E-state index < -0.39 is 43.2 Å². The molecule has 0 amide bonds. The summed E-state index contributed by atoms with van der Waals surface area (Å²) < 4.78 is 72.5. The normalized spacial score (nSPS) is 12.2. The molecule has 0 unspecified atom stereocenters. The van der Waals surface area contributed by atoms with E-state index in [-0.39, 0.29) is 17.1 Å². The quantitative estimate of drug-likeness (QED) is 0.346. The van der Waals surface area contributed by atoms with Gasteiger partial charge in [0.1, 0.15) is 23.7 Å². The van der Waals surface area contributed by atoms with E-state index >= 15 is 0 Å². The molecule has 0 aromatic heterocycles. The molecule has 2 aromatic carbocycles. The Bertz CT molecular complexity index is 801. The van der Waals surface area contributed by atoms with Gasteiger partial charge in [-0.15, -0.1) is 0 Å². The van der Waals surface area contributed by atoms with Crippen molar-refractivity contribution in [1.29, 1.82) is 0 Å². The Morgan fingerprint density at radius 3 is 2.07 bits per heavy atom. The third kappa shape index (κ3) is 6.26. The van der Waals surface area contributed by atoms with Gasteiger partial charge in [-0.3, -0.25) is 0 Å². The van der Waals surface area contributed by atoms with E-state index in [1.54, 1.807) is 18.2 Å². The van der Waals surface area contributed by atoms with Crippen molar-refractivity contribution in [3.05, 3.63) is 65.9 Å². The fourth-order valence-electron chi connectivity index (χ4n) is 2.21. The highest BCUT2D eigenvalue weighted by atomic mass is 19.4. The van der Waals surface area contributed by atoms with Gasteiger partial charge < -0.3 is 9.47 Å². The monoisotopic (exact) mass is 402 g/mol. The summed E-state index contributed by atoms with van der Waals surface area (Å²) >= 11 is 0. The van der Waals surface area contributed by atoms with Crippen molar-refractivity contribution < 1.29 is 41.3 Å². The fraction of sp³-hybridized carbons (Fsp3) is 0.211. The van der Waals surface area contributed by atoms with Crippen molar-refractivity contribution in [2.24, 2.45) is 0 Å². The number of allylic oxidation sites excluding steroid dienone is 1. The van der Waals surface area contributed by atoms with E-state index in [4.69, 9.17) is 9.47 Å². The average Bonchev–Trinajstić information content (AvgIpc) is 2.68. The average molecular weight is 402 g/mol. The summed E-state index contributed by atoms with van der Waals surface area (Å²) in [7, 11) is 0. The van der Waals surface area contributed by atoms with Crippen LogP contribution in [0, 0.1) is 0 Å². The highest BCUT2D eigenvalue weighted by Gasteiger charge is 2.27. The summed E-state index contributed by atoms with van der Waals surface area (Å²) in [5, 5.41) is 0. The van der Waals surface area contributed by atoms with Crippen molar-refractivity contribution in [2.75, 3.05) is 13.3 Å². The molecule has 0 aliphatic rings. The molecule has 4 nitrogen and oxygen atoms in total. The van der Waals surface area contributed by atoms with Crippen molar-refractivity contribution >= 4 is 11.5 Å². The molecule has 0 saturated carbocycles. The fourth-order valence-corrected chi connectivity index (χ4v) is 2.21. The molecule has 150 valence electrons. The van der Waals surface area contributed by atoms with Gasteiger partial charge in [-0.25, -0.2) is 14.1 Å². The van der Waals surface area contributed by atoms with E-state index in [9.17, 15) is 26.9 Å². The molecular formula is C19H15F5O4. The number of carbonyl (C=O) groups excluding carboxylic acids is 1. The molecule has 0 fully saturated rings. The maximum absolute atomic E-state index is 13.5. The lowest BCUT2D eigenvalue weighted by Gasteiger charge is -2.13. The second-order valence-electron chi connectivity index (χ2n) is 5.45. The minimum Gasteiger partial charge on any atom is -0.493 e. The molecule has 0 radical (unpaired) electrons. The lowest BCUT2D eigenvalue weighted by molar-refractivity contribution is -0.175. The van der Waals surface area contributed by atoms with Crippen molar-refractivity contribution in [3.63, 3.8) is 0 Å². The minimum absolute atomic E-state index is 0.0657. The van der Waals surface area contributed by atoms with Gasteiger partial charge in [0.25, 0.3) is 0 Å². The van der Waals surface area contributed by atoms with Crippen LogP contribution in [-0.4, -0.2) is 25.4 Å². The summed E-state index contributed by atoms with van der Waals surface area (Å²) in [6.07, 6.45) is -5.44. The number of alkyl halides is 4. The van der Waals surface area contributed by atoms with Crippen LogP contribution in [0.25, 0.3) is 5.57 Å². The highest BCUT2D eigenvalue weighted by molar-refractivity contribution is 6.17. The number of ether oxygens (including phenoxy) is 2. The Morgan fingerprint density at radius 1 is 0.929 bits per heavy atom. The summed E-state index contributed by atoms with van der Waals surface area (Å²) in [6.45, 7) is -1.79. The molecule has 0 aliphatic carbocycles. The Labute approximate surface area is 157 Å². The molecule has 9 heteroatoms. The second-order valence-corrected chi connectivity index (χ2v) is 5.45. The number of rotatable bonds is 8. The second kappa shape index (κ2) is 9.72. The minimum atomic E-state index is -4.33. The Hall–Kier alpha value is -3.10. The molecule has 0 aliphatic heterocycles. The van der Waals surface area contributed by atoms with Gasteiger partial charge in [0.15, 0.2) is 5.76 Å². The zero-order valence-electron chi connectivity index (χ0n) is 14.3. The molecule has 0 saturated heterocycles. The SMILES string of the molecule is O=C(OF)C(=C(CF)Oc1ccc(OCCC(F)(F)F)cc1)c1ccccc1. The van der Waals surface area contributed by atoms with Crippen molar-refractivity contribution in [1.82, 2.24) is 0 Å². The maximum Gasteiger partial charge on any atom is 0.392 e. The highest BCUT2D eigenvalue weighted by Crippen LogP contribution is 2.26. The Balaban J connectivity index is 2.18. The number of hydrogen-bond donors (Lipinski definition) is 0. The third-order valence-electron chi connectivity index (χ3n) is 3.46. The zero-order valence-corrected chi connectivity index (χ0v) is 14.3. The molecular weight excluding hydrogens is 387 g/mol. The molecule has 2 rings (SSSR count). The summed E-state index contributed by atoms with van der Waals surface area (Å²) in [5.74, 6) is -1.70. The lowest BCUT2D eigenvalue weighted by atomic mass is 10.1. The van der Waals surface area contributed by atoms with Gasteiger partial charge in [0.2, 0.25) is 0 Å². The topological polar surface area (TPSA) is 44.8 Å². The van der Waals surface area contributed by atoms with Crippen molar-refractivity contribution in [2.45, 2.75) is 12.6 Å². The van der Waals surface area contributed by atoms with Crippen LogP contribution in [0.2, 0.25) is 0 Å². The first kappa shape index (κ1) is 21.2. The van der Waals surface area contributed by atoms with Gasteiger partial charge in [-0.05, 0) is 29.8 Å². The molecule has 0 N–H and O–H groups in total. The van der Waals surface area contributed by atoms with Gasteiger partial charge >= 0.3 is 12.1 Å². The van der Waals surface area contributed by atoms with Gasteiger partial charge in [0.05, 0.1) is 13.0 Å². The van der Waals surface area contributed by atoms with Crippen molar-refractivity contribution in [3.8, 4) is 11.5 Å². The van der Waals surface area contributed by atoms with E-state index in [1.807, 2.05) is 0 Å². The van der Waals surface area contributed by atoms with Crippen LogP contribution in [0.5, 0.6) is 11.5 Å². The van der Waals surface area contributed by atoms with Crippen LogP contribution in [0.3, 0.4) is 0 Å². The largest absolute Gasteiger partial charge is 0.493 e. The first-order chi connectivity index (χ1) is 13.3. The molecule has 0 atom stereocenters. The summed E-state index contributed by atoms with van der Waals surface area (Å²) in [5.41, 5.74) is -0.249. The third-order valence-corrected chi connectivity index (χ3v) is 3.46. The van der Waals surface area contributed by atoms with Crippen LogP contribution in [0.15, 0.2) is 60.4 Å². The predicted molar refractivity (Wildman–Crippen MR) is 89.8 cm³/mol. The van der Waals surface area contributed by atoms with Gasteiger partial charge in [0, 0.05) is 4.53 Å². The smallest absolute Gasteiger partial charge is 0.392 e. The number of carbonyl (C=O) groups is 1. The van der Waals surface area contributed by atoms with E-state index in [2.05, 4.69) is 4.94 Å². The number of benzene rings is 2. The number of hydrogen-bond acceptors (Lipinski definition) is 4. The molecule has 0 bridgehead atoms. The zero-order chi connectivity index (χ0) is 20.6. The summed E-state index contributed by atoms with van der Waals surface area (Å²) in [4.78, 5) is 15.0. The number of halogens is 5. The predicted octanol–water partition coefficient (Wildman–Crippen LogP) is 5.21. The standard InChI is InChI=1S/C19H15F5O4/c20-12-16(17(18(25)28-24)13-4-2-1-3-5-13)27-15-8-6-14(7-9-15)26-11-10-19(21,22)23/h1-9H,10-12H2.